The molecule has 0 radical (unpaired) electrons. The molecule has 3 rings (SSSR count). The lowest BCUT2D eigenvalue weighted by atomic mass is 9.97. The zero-order chi connectivity index (χ0) is 31.6. The molecule has 0 saturated carbocycles. The molecule has 226 valence electrons. The monoisotopic (exact) mass is 586 g/mol. The average Bonchev–Trinajstić information content (AvgIpc) is 2.97. The molecule has 0 amide bonds. The van der Waals surface area contributed by atoms with Crippen LogP contribution in [-0.2, 0) is 23.9 Å². The van der Waals surface area contributed by atoms with Gasteiger partial charge in [-0.25, -0.2) is 9.59 Å². The fourth-order valence-corrected chi connectivity index (χ4v) is 3.57. The van der Waals surface area contributed by atoms with Crippen molar-refractivity contribution in [1.82, 2.24) is 0 Å². The third-order valence-corrected chi connectivity index (χ3v) is 5.98. The molecule has 0 aliphatic heterocycles. The number of benzene rings is 3. The minimum Gasteiger partial charge on any atom is -0.490 e. The molecule has 0 heterocycles. The van der Waals surface area contributed by atoms with Crippen LogP contribution in [-0.4, -0.2) is 44.3 Å². The van der Waals surface area contributed by atoms with Crippen LogP contribution < -0.4 is 14.2 Å². The Morgan fingerprint density at radius 3 is 1.37 bits per heavy atom. The molecule has 43 heavy (non-hydrogen) atoms. The van der Waals surface area contributed by atoms with E-state index in [0.29, 0.717) is 28.4 Å². The van der Waals surface area contributed by atoms with Crippen LogP contribution in [0.3, 0.4) is 0 Å². The summed E-state index contributed by atoms with van der Waals surface area (Å²) in [6.45, 7) is 16.1. The van der Waals surface area contributed by atoms with Gasteiger partial charge in [-0.2, -0.15) is 0 Å². The lowest BCUT2D eigenvalue weighted by molar-refractivity contribution is -0.143. The molecule has 0 aliphatic rings. The van der Waals surface area contributed by atoms with Crippen molar-refractivity contribution in [2.45, 2.75) is 34.6 Å². The predicted molar refractivity (Wildman–Crippen MR) is 165 cm³/mol. The fourth-order valence-electron chi connectivity index (χ4n) is 3.57. The largest absolute Gasteiger partial charge is 0.490 e. The Kier molecular flexibility index (Phi) is 11.3. The van der Waals surface area contributed by atoms with Crippen molar-refractivity contribution < 1.29 is 38.1 Å². The summed E-state index contributed by atoms with van der Waals surface area (Å²) in [4.78, 5) is 35.5. The fraction of sp³-hybridized carbons (Fsp3) is 0.286. The van der Waals surface area contributed by atoms with Crippen molar-refractivity contribution in [3.8, 4) is 39.5 Å². The minimum absolute atomic E-state index is 0.0614. The van der Waals surface area contributed by atoms with Crippen molar-refractivity contribution >= 4 is 17.9 Å². The summed E-state index contributed by atoms with van der Waals surface area (Å²) in [5, 5.41) is 0. The highest BCUT2D eigenvalue weighted by Gasteiger charge is 2.23. The van der Waals surface area contributed by atoms with E-state index in [1.807, 2.05) is 69.3 Å². The molecule has 8 heteroatoms. The first-order chi connectivity index (χ1) is 20.3. The normalized spacial score (nSPS) is 10.8. The number of hydrogen-bond acceptors (Lipinski definition) is 8. The van der Waals surface area contributed by atoms with Crippen molar-refractivity contribution in [3.05, 3.63) is 91.0 Å². The van der Waals surface area contributed by atoms with Crippen LogP contribution >= 0.6 is 0 Å². The number of hydrogen-bond donors (Lipinski definition) is 0. The van der Waals surface area contributed by atoms with Crippen LogP contribution in [0.1, 0.15) is 34.6 Å². The van der Waals surface area contributed by atoms with Crippen molar-refractivity contribution in [2.75, 3.05) is 26.4 Å². The van der Waals surface area contributed by atoms with Gasteiger partial charge in [0.1, 0.15) is 43.7 Å². The standard InChI is InChI=1S/C35H38O8/c1-23(2)32(36)41-18-16-39-30-20-28(21-31(22-30)40-17-19-42-33(37)24(3)4)27-10-8-25(9-11-27)26-12-14-29(15-13-26)43-34(38)35(5,6)7/h8-15,20-22H,1,3,16-19H2,2,4-7H3. The summed E-state index contributed by atoms with van der Waals surface area (Å²) in [7, 11) is 0. The second kappa shape index (κ2) is 14.9. The first-order valence-electron chi connectivity index (χ1n) is 13.8. The minimum atomic E-state index is -0.587. The molecule has 0 unspecified atom stereocenters. The summed E-state index contributed by atoms with van der Waals surface area (Å²) in [6, 6.07) is 20.8. The maximum atomic E-state index is 12.2. The number of esters is 3. The summed E-state index contributed by atoms with van der Waals surface area (Å²) in [6.07, 6.45) is 0. The highest BCUT2D eigenvalue weighted by Crippen LogP contribution is 2.32. The van der Waals surface area contributed by atoms with E-state index >= 15 is 0 Å². The van der Waals surface area contributed by atoms with E-state index < -0.39 is 17.4 Å². The zero-order valence-corrected chi connectivity index (χ0v) is 25.4. The molecule has 0 aliphatic carbocycles. The Morgan fingerprint density at radius 1 is 0.581 bits per heavy atom. The van der Waals surface area contributed by atoms with Gasteiger partial charge in [0.2, 0.25) is 0 Å². The first-order valence-corrected chi connectivity index (χ1v) is 13.8. The lowest BCUT2D eigenvalue weighted by Gasteiger charge is -2.16. The highest BCUT2D eigenvalue weighted by atomic mass is 16.6. The summed E-state index contributed by atoms with van der Waals surface area (Å²) in [5.41, 5.74) is 3.74. The Labute approximate surface area is 252 Å². The Bertz CT molecular complexity index is 1410. The van der Waals surface area contributed by atoms with E-state index in [-0.39, 0.29) is 32.4 Å². The number of ether oxygens (including phenoxy) is 5. The van der Waals surface area contributed by atoms with Crippen molar-refractivity contribution in [1.29, 1.82) is 0 Å². The van der Waals surface area contributed by atoms with Gasteiger partial charge in [0.25, 0.3) is 0 Å². The van der Waals surface area contributed by atoms with Crippen LogP contribution in [0.25, 0.3) is 22.3 Å². The molecule has 0 fully saturated rings. The molecule has 0 N–H and O–H groups in total. The van der Waals surface area contributed by atoms with E-state index in [4.69, 9.17) is 23.7 Å². The van der Waals surface area contributed by atoms with Crippen LogP contribution in [0.15, 0.2) is 91.0 Å². The van der Waals surface area contributed by atoms with Crippen LogP contribution in [0.2, 0.25) is 0 Å². The van der Waals surface area contributed by atoms with Gasteiger partial charge in [-0.1, -0.05) is 49.6 Å². The molecule has 0 bridgehead atoms. The second-order valence-corrected chi connectivity index (χ2v) is 11.0. The summed E-state index contributed by atoms with van der Waals surface area (Å²) < 4.78 is 27.4. The quantitative estimate of drug-likeness (QED) is 0.0917. The van der Waals surface area contributed by atoms with Gasteiger partial charge in [0, 0.05) is 17.2 Å². The van der Waals surface area contributed by atoms with Crippen LogP contribution in [0.4, 0.5) is 0 Å². The number of carbonyl (C=O) groups excluding carboxylic acids is 3. The molecule has 8 nitrogen and oxygen atoms in total. The van der Waals surface area contributed by atoms with Gasteiger partial charge in [0.05, 0.1) is 5.41 Å². The number of carbonyl (C=O) groups is 3. The molecule has 0 spiro atoms. The van der Waals surface area contributed by atoms with Gasteiger partial charge >= 0.3 is 17.9 Å². The predicted octanol–water partition coefficient (Wildman–Crippen LogP) is 6.97. The lowest BCUT2D eigenvalue weighted by Crippen LogP contribution is -2.25. The maximum Gasteiger partial charge on any atom is 0.333 e. The van der Waals surface area contributed by atoms with Gasteiger partial charge < -0.3 is 23.7 Å². The highest BCUT2D eigenvalue weighted by molar-refractivity contribution is 5.87. The third kappa shape index (κ3) is 10.2. The Balaban J connectivity index is 1.74. The number of rotatable bonds is 13. The maximum absolute atomic E-state index is 12.2. The molecule has 3 aromatic carbocycles. The van der Waals surface area contributed by atoms with Crippen LogP contribution in [0.5, 0.6) is 17.2 Å². The average molecular weight is 587 g/mol. The first kappa shape index (κ1) is 32.7. The van der Waals surface area contributed by atoms with E-state index in [0.717, 1.165) is 22.3 Å². The van der Waals surface area contributed by atoms with Crippen LogP contribution in [0, 0.1) is 5.41 Å². The summed E-state index contributed by atoms with van der Waals surface area (Å²) in [5.74, 6) is 0.274. The van der Waals surface area contributed by atoms with Crippen molar-refractivity contribution in [2.24, 2.45) is 5.41 Å². The molecular formula is C35H38O8. The molecule has 0 aromatic heterocycles. The topological polar surface area (TPSA) is 97.4 Å². The summed E-state index contributed by atoms with van der Waals surface area (Å²) >= 11 is 0. The van der Waals surface area contributed by atoms with Gasteiger partial charge in [0.15, 0.2) is 0 Å². The van der Waals surface area contributed by atoms with Crippen molar-refractivity contribution in [3.63, 3.8) is 0 Å². The molecule has 0 saturated heterocycles. The SMILES string of the molecule is C=C(C)C(=O)OCCOc1cc(OCCOC(=O)C(=C)C)cc(-c2ccc(-c3ccc(OC(=O)C(C)(C)C)cc3)cc2)c1. The van der Waals surface area contributed by atoms with E-state index in [1.54, 1.807) is 32.0 Å². The molecule has 3 aromatic rings. The van der Waals surface area contributed by atoms with E-state index in [9.17, 15) is 14.4 Å². The van der Waals surface area contributed by atoms with E-state index in [1.165, 1.54) is 0 Å². The van der Waals surface area contributed by atoms with E-state index in [2.05, 4.69) is 13.2 Å². The van der Waals surface area contributed by atoms with Gasteiger partial charge in [-0.3, -0.25) is 4.79 Å². The van der Waals surface area contributed by atoms with Gasteiger partial charge in [-0.05, 0) is 81.1 Å². The smallest absolute Gasteiger partial charge is 0.333 e. The zero-order valence-electron chi connectivity index (χ0n) is 25.4. The second-order valence-electron chi connectivity index (χ2n) is 11.0. The van der Waals surface area contributed by atoms with Gasteiger partial charge in [-0.15, -0.1) is 0 Å². The molecule has 0 atom stereocenters. The Hall–Kier alpha value is -4.85. The Morgan fingerprint density at radius 2 is 0.977 bits per heavy atom. The third-order valence-electron chi connectivity index (χ3n) is 5.98. The molecular weight excluding hydrogens is 548 g/mol.